The lowest BCUT2D eigenvalue weighted by molar-refractivity contribution is 0.484. The number of hydrogen-bond acceptors (Lipinski definition) is 2. The molecular formula is C13H15BrFNO. The van der Waals surface area contributed by atoms with Crippen LogP contribution in [0.25, 0.3) is 11.0 Å². The van der Waals surface area contributed by atoms with Gasteiger partial charge in [-0.25, -0.2) is 4.39 Å². The molecule has 0 saturated carbocycles. The van der Waals surface area contributed by atoms with E-state index in [0.717, 1.165) is 16.7 Å². The van der Waals surface area contributed by atoms with Crippen LogP contribution in [0.3, 0.4) is 0 Å². The summed E-state index contributed by atoms with van der Waals surface area (Å²) in [5, 5.41) is 4.25. The Morgan fingerprint density at radius 2 is 2.12 bits per heavy atom. The van der Waals surface area contributed by atoms with Crippen LogP contribution < -0.4 is 5.32 Å². The molecule has 1 aromatic carbocycles. The first kappa shape index (κ1) is 12.6. The van der Waals surface area contributed by atoms with Crippen molar-refractivity contribution in [1.82, 2.24) is 5.32 Å². The lowest BCUT2D eigenvalue weighted by atomic mass is 10.1. The normalized spacial score (nSPS) is 11.6. The molecule has 0 spiro atoms. The molecule has 1 N–H and O–H groups in total. The van der Waals surface area contributed by atoms with Gasteiger partial charge in [-0.2, -0.15) is 0 Å². The molecule has 1 heterocycles. The lowest BCUT2D eigenvalue weighted by Gasteiger charge is -2.05. The summed E-state index contributed by atoms with van der Waals surface area (Å²) in [5.41, 5.74) is 1.66. The van der Waals surface area contributed by atoms with E-state index in [1.165, 1.54) is 6.07 Å². The zero-order valence-corrected chi connectivity index (χ0v) is 11.7. The lowest BCUT2D eigenvalue weighted by Crippen LogP contribution is -2.21. The molecule has 0 saturated heterocycles. The molecule has 0 aliphatic heterocycles. The number of nitrogens with one attached hydrogen (secondary N) is 1. The van der Waals surface area contributed by atoms with Crippen LogP contribution in [0.5, 0.6) is 0 Å². The van der Waals surface area contributed by atoms with Crippen molar-refractivity contribution in [3.63, 3.8) is 0 Å². The molecule has 2 aromatic rings. The number of hydrogen-bond donors (Lipinski definition) is 1. The molecule has 0 unspecified atom stereocenters. The maximum absolute atomic E-state index is 13.4. The summed E-state index contributed by atoms with van der Waals surface area (Å²) < 4.78 is 19.5. The Labute approximate surface area is 108 Å². The van der Waals surface area contributed by atoms with E-state index >= 15 is 0 Å². The summed E-state index contributed by atoms with van der Waals surface area (Å²) in [6.45, 7) is 6.81. The molecule has 17 heavy (non-hydrogen) atoms. The Morgan fingerprint density at radius 1 is 1.41 bits per heavy atom. The van der Waals surface area contributed by atoms with E-state index < -0.39 is 0 Å². The van der Waals surface area contributed by atoms with Gasteiger partial charge < -0.3 is 9.73 Å². The fourth-order valence-electron chi connectivity index (χ4n) is 1.73. The van der Waals surface area contributed by atoms with Gasteiger partial charge in [-0.05, 0) is 34.5 Å². The van der Waals surface area contributed by atoms with Crippen molar-refractivity contribution in [2.45, 2.75) is 33.4 Å². The SMILES string of the molecule is Cc1c(CNC(C)C)oc2cc(F)c(Br)cc12. The van der Waals surface area contributed by atoms with E-state index in [4.69, 9.17) is 4.42 Å². The second kappa shape index (κ2) is 4.78. The quantitative estimate of drug-likeness (QED) is 0.921. The Hall–Kier alpha value is -0.870. The number of benzene rings is 1. The van der Waals surface area contributed by atoms with E-state index in [1.807, 2.05) is 6.92 Å². The van der Waals surface area contributed by atoms with Crippen LogP contribution in [0.15, 0.2) is 21.0 Å². The molecule has 0 radical (unpaired) electrons. The first-order valence-electron chi connectivity index (χ1n) is 5.59. The van der Waals surface area contributed by atoms with E-state index in [2.05, 4.69) is 35.1 Å². The summed E-state index contributed by atoms with van der Waals surface area (Å²) in [6, 6.07) is 3.58. The van der Waals surface area contributed by atoms with Crippen molar-refractivity contribution in [3.05, 3.63) is 33.7 Å². The van der Waals surface area contributed by atoms with Gasteiger partial charge in [0.15, 0.2) is 0 Å². The molecule has 0 aliphatic rings. The van der Waals surface area contributed by atoms with Gasteiger partial charge in [-0.1, -0.05) is 13.8 Å². The van der Waals surface area contributed by atoms with E-state index in [-0.39, 0.29) is 5.82 Å². The average Bonchev–Trinajstić information content (AvgIpc) is 2.54. The molecule has 92 valence electrons. The molecule has 0 atom stereocenters. The number of fused-ring (bicyclic) bond motifs is 1. The highest BCUT2D eigenvalue weighted by molar-refractivity contribution is 9.10. The highest BCUT2D eigenvalue weighted by Gasteiger charge is 2.13. The second-order valence-electron chi connectivity index (χ2n) is 4.45. The van der Waals surface area contributed by atoms with Crippen LogP contribution >= 0.6 is 15.9 Å². The zero-order chi connectivity index (χ0) is 12.6. The third kappa shape index (κ3) is 2.53. The maximum Gasteiger partial charge on any atom is 0.141 e. The van der Waals surface area contributed by atoms with E-state index in [0.29, 0.717) is 22.6 Å². The van der Waals surface area contributed by atoms with Gasteiger partial charge in [0.2, 0.25) is 0 Å². The van der Waals surface area contributed by atoms with Gasteiger partial charge >= 0.3 is 0 Å². The fourth-order valence-corrected chi connectivity index (χ4v) is 2.07. The summed E-state index contributed by atoms with van der Waals surface area (Å²) in [5.74, 6) is 0.570. The standard InChI is InChI=1S/C13H15BrFNO/c1-7(2)16-6-13-8(3)9-4-10(14)11(15)5-12(9)17-13/h4-5,7,16H,6H2,1-3H3. The first-order chi connectivity index (χ1) is 7.99. The minimum atomic E-state index is -0.297. The van der Waals surface area contributed by atoms with Crippen LogP contribution in [-0.4, -0.2) is 6.04 Å². The van der Waals surface area contributed by atoms with Gasteiger partial charge in [0.1, 0.15) is 17.2 Å². The van der Waals surface area contributed by atoms with Crippen molar-refractivity contribution < 1.29 is 8.81 Å². The number of aryl methyl sites for hydroxylation is 1. The molecular weight excluding hydrogens is 285 g/mol. The number of furan rings is 1. The predicted octanol–water partition coefficient (Wildman–Crippen LogP) is 4.14. The van der Waals surface area contributed by atoms with E-state index in [1.54, 1.807) is 6.07 Å². The van der Waals surface area contributed by atoms with Crippen molar-refractivity contribution in [3.8, 4) is 0 Å². The van der Waals surface area contributed by atoms with Gasteiger partial charge in [0.05, 0.1) is 11.0 Å². The molecule has 1 aromatic heterocycles. The summed E-state index contributed by atoms with van der Waals surface area (Å²) in [4.78, 5) is 0. The van der Waals surface area contributed by atoms with Crippen LogP contribution in [0, 0.1) is 12.7 Å². The summed E-state index contributed by atoms with van der Waals surface area (Å²) in [6.07, 6.45) is 0. The Bertz CT molecular complexity index is 548. The molecule has 0 aliphatic carbocycles. The number of rotatable bonds is 3. The number of halogens is 2. The highest BCUT2D eigenvalue weighted by Crippen LogP contribution is 2.29. The third-order valence-corrected chi connectivity index (χ3v) is 3.36. The van der Waals surface area contributed by atoms with E-state index in [9.17, 15) is 4.39 Å². The first-order valence-corrected chi connectivity index (χ1v) is 6.38. The van der Waals surface area contributed by atoms with Crippen molar-refractivity contribution in [2.75, 3.05) is 0 Å². The molecule has 0 fully saturated rings. The molecule has 2 nitrogen and oxygen atoms in total. The minimum Gasteiger partial charge on any atom is -0.459 e. The smallest absolute Gasteiger partial charge is 0.141 e. The fraction of sp³-hybridized carbons (Fsp3) is 0.385. The second-order valence-corrected chi connectivity index (χ2v) is 5.30. The highest BCUT2D eigenvalue weighted by atomic mass is 79.9. The Balaban J connectivity index is 2.42. The average molecular weight is 300 g/mol. The third-order valence-electron chi connectivity index (χ3n) is 2.75. The largest absolute Gasteiger partial charge is 0.459 e. The van der Waals surface area contributed by atoms with Crippen molar-refractivity contribution >= 4 is 26.9 Å². The van der Waals surface area contributed by atoms with Crippen LogP contribution in [0.2, 0.25) is 0 Å². The molecule has 4 heteroatoms. The van der Waals surface area contributed by atoms with Crippen molar-refractivity contribution in [1.29, 1.82) is 0 Å². The topological polar surface area (TPSA) is 25.2 Å². The van der Waals surface area contributed by atoms with Gasteiger partial charge in [-0.3, -0.25) is 0 Å². The predicted molar refractivity (Wildman–Crippen MR) is 70.6 cm³/mol. The summed E-state index contributed by atoms with van der Waals surface area (Å²) >= 11 is 3.19. The summed E-state index contributed by atoms with van der Waals surface area (Å²) in [7, 11) is 0. The Kier molecular flexibility index (Phi) is 3.54. The molecule has 0 amide bonds. The maximum atomic E-state index is 13.4. The van der Waals surface area contributed by atoms with Gasteiger partial charge in [-0.15, -0.1) is 0 Å². The minimum absolute atomic E-state index is 0.297. The van der Waals surface area contributed by atoms with Crippen molar-refractivity contribution in [2.24, 2.45) is 0 Å². The monoisotopic (exact) mass is 299 g/mol. The molecule has 0 bridgehead atoms. The van der Waals surface area contributed by atoms with Crippen LogP contribution in [0.1, 0.15) is 25.2 Å². The molecule has 2 rings (SSSR count). The van der Waals surface area contributed by atoms with Crippen LogP contribution in [-0.2, 0) is 6.54 Å². The van der Waals surface area contributed by atoms with Gasteiger partial charge in [0.25, 0.3) is 0 Å². The zero-order valence-electron chi connectivity index (χ0n) is 10.1. The van der Waals surface area contributed by atoms with Crippen LogP contribution in [0.4, 0.5) is 4.39 Å². The Morgan fingerprint density at radius 3 is 2.76 bits per heavy atom. The van der Waals surface area contributed by atoms with Gasteiger partial charge in [0, 0.05) is 17.5 Å².